The van der Waals surface area contributed by atoms with Crippen molar-refractivity contribution >= 4 is 29.2 Å². The molecule has 0 unspecified atom stereocenters. The highest BCUT2D eigenvalue weighted by molar-refractivity contribution is 6.30. The molecule has 1 N–H and O–H groups in total. The first-order valence-electron chi connectivity index (χ1n) is 7.41. The van der Waals surface area contributed by atoms with Crippen molar-refractivity contribution in [1.82, 2.24) is 0 Å². The van der Waals surface area contributed by atoms with Gasteiger partial charge in [-0.2, -0.15) is 0 Å². The average Bonchev–Trinajstić information content (AvgIpc) is 2.56. The molecule has 2 aromatic rings. The van der Waals surface area contributed by atoms with Gasteiger partial charge in [0.25, 0.3) is 5.91 Å². The van der Waals surface area contributed by atoms with Crippen LogP contribution in [0.1, 0.15) is 24.8 Å². The lowest BCUT2D eigenvalue weighted by Gasteiger charge is -2.11. The first-order chi connectivity index (χ1) is 11.5. The Morgan fingerprint density at radius 1 is 1.21 bits per heavy atom. The molecule has 1 atom stereocenters. The van der Waals surface area contributed by atoms with Gasteiger partial charge in [0.05, 0.1) is 12.1 Å². The summed E-state index contributed by atoms with van der Waals surface area (Å²) in [7, 11) is 0. The zero-order valence-electron chi connectivity index (χ0n) is 13.1. The molecule has 0 aliphatic rings. The molecule has 1 amide bonds. The lowest BCUT2D eigenvalue weighted by Crippen LogP contribution is -2.22. The molecular weight excluding hydrogens is 333 g/mol. The lowest BCUT2D eigenvalue weighted by molar-refractivity contribution is -0.147. The Morgan fingerprint density at radius 2 is 1.92 bits per heavy atom. The van der Waals surface area contributed by atoms with Crippen LogP contribution in [0.25, 0.3) is 0 Å². The average molecular weight is 350 g/mol. The SMILES string of the molecule is C[C@@H](CC(=O)OCC(=O)Nc1ccc(Cl)cc1F)c1ccccc1. The number of hydrogen-bond donors (Lipinski definition) is 1. The molecule has 0 heterocycles. The largest absolute Gasteiger partial charge is 0.456 e. The number of esters is 1. The maximum atomic E-state index is 13.6. The van der Waals surface area contributed by atoms with Gasteiger partial charge in [0.2, 0.25) is 0 Å². The van der Waals surface area contributed by atoms with Crippen LogP contribution in [0.4, 0.5) is 10.1 Å². The minimum atomic E-state index is -0.653. The molecule has 0 radical (unpaired) electrons. The highest BCUT2D eigenvalue weighted by atomic mass is 35.5. The van der Waals surface area contributed by atoms with Gasteiger partial charge in [-0.05, 0) is 29.7 Å². The van der Waals surface area contributed by atoms with Gasteiger partial charge in [0.1, 0.15) is 5.82 Å². The van der Waals surface area contributed by atoms with E-state index in [1.807, 2.05) is 37.3 Å². The van der Waals surface area contributed by atoms with E-state index in [2.05, 4.69) is 5.32 Å². The maximum Gasteiger partial charge on any atom is 0.306 e. The van der Waals surface area contributed by atoms with Crippen molar-refractivity contribution in [3.8, 4) is 0 Å². The molecule has 0 bridgehead atoms. The van der Waals surface area contributed by atoms with Crippen LogP contribution in [0.2, 0.25) is 5.02 Å². The summed E-state index contributed by atoms with van der Waals surface area (Å²) in [6.45, 7) is 1.43. The maximum absolute atomic E-state index is 13.6. The van der Waals surface area contributed by atoms with E-state index in [9.17, 15) is 14.0 Å². The summed E-state index contributed by atoms with van der Waals surface area (Å²) in [6, 6.07) is 13.4. The summed E-state index contributed by atoms with van der Waals surface area (Å²) in [4.78, 5) is 23.5. The van der Waals surface area contributed by atoms with Crippen LogP contribution in [0.15, 0.2) is 48.5 Å². The third kappa shape index (κ3) is 5.35. The van der Waals surface area contributed by atoms with Crippen LogP contribution < -0.4 is 5.32 Å². The Bertz CT molecular complexity index is 721. The smallest absolute Gasteiger partial charge is 0.306 e. The number of halogens is 2. The Balaban J connectivity index is 1.80. The molecular formula is C18H17ClFNO3. The van der Waals surface area contributed by atoms with Crippen molar-refractivity contribution in [2.24, 2.45) is 0 Å². The molecule has 126 valence electrons. The molecule has 0 spiro atoms. The van der Waals surface area contributed by atoms with Crippen molar-refractivity contribution in [2.75, 3.05) is 11.9 Å². The Hall–Kier alpha value is -2.40. The van der Waals surface area contributed by atoms with Crippen LogP contribution in [0, 0.1) is 5.82 Å². The fourth-order valence-electron chi connectivity index (χ4n) is 2.13. The van der Waals surface area contributed by atoms with Crippen molar-refractivity contribution in [2.45, 2.75) is 19.3 Å². The number of carbonyl (C=O) groups excluding carboxylic acids is 2. The van der Waals surface area contributed by atoms with Crippen LogP contribution >= 0.6 is 11.6 Å². The first-order valence-corrected chi connectivity index (χ1v) is 7.79. The van der Waals surface area contributed by atoms with Crippen LogP contribution in [-0.4, -0.2) is 18.5 Å². The molecule has 24 heavy (non-hydrogen) atoms. The van der Waals surface area contributed by atoms with Gasteiger partial charge in [-0.15, -0.1) is 0 Å². The lowest BCUT2D eigenvalue weighted by atomic mass is 9.98. The van der Waals surface area contributed by atoms with E-state index in [-0.39, 0.29) is 23.0 Å². The standard InChI is InChI=1S/C18H17ClFNO3/c1-12(13-5-3-2-4-6-13)9-18(23)24-11-17(22)21-16-8-7-14(19)10-15(16)20/h2-8,10,12H,9,11H2,1H3,(H,21,22)/t12-/m0/s1. The van der Waals surface area contributed by atoms with Gasteiger partial charge in [0.15, 0.2) is 6.61 Å². The van der Waals surface area contributed by atoms with Crippen molar-refractivity contribution < 1.29 is 18.7 Å². The molecule has 0 saturated carbocycles. The van der Waals surface area contributed by atoms with Gasteiger partial charge in [0, 0.05) is 5.02 Å². The molecule has 0 saturated heterocycles. The summed E-state index contributed by atoms with van der Waals surface area (Å²) in [5.41, 5.74) is 1.00. The summed E-state index contributed by atoms with van der Waals surface area (Å²) < 4.78 is 18.5. The molecule has 0 aliphatic carbocycles. The molecule has 6 heteroatoms. The van der Waals surface area contributed by atoms with Gasteiger partial charge < -0.3 is 10.1 Å². The summed E-state index contributed by atoms with van der Waals surface area (Å²) in [5, 5.41) is 2.56. The summed E-state index contributed by atoms with van der Waals surface area (Å²) in [6.07, 6.45) is 0.159. The van der Waals surface area contributed by atoms with Crippen LogP contribution in [0.5, 0.6) is 0 Å². The minimum absolute atomic E-state index is 0.0156. The van der Waals surface area contributed by atoms with Gasteiger partial charge >= 0.3 is 5.97 Å². The highest BCUT2D eigenvalue weighted by Crippen LogP contribution is 2.20. The van der Waals surface area contributed by atoms with Crippen molar-refractivity contribution in [1.29, 1.82) is 0 Å². The zero-order valence-corrected chi connectivity index (χ0v) is 13.8. The number of nitrogens with one attached hydrogen (secondary N) is 1. The van der Waals surface area contributed by atoms with E-state index < -0.39 is 24.3 Å². The Kier molecular flexibility index (Phi) is 6.32. The molecule has 0 aliphatic heterocycles. The van der Waals surface area contributed by atoms with Crippen molar-refractivity contribution in [3.63, 3.8) is 0 Å². The Morgan fingerprint density at radius 3 is 2.58 bits per heavy atom. The first kappa shape index (κ1) is 17.9. The molecule has 0 aromatic heterocycles. The number of carbonyl (C=O) groups is 2. The molecule has 2 aromatic carbocycles. The third-order valence-electron chi connectivity index (χ3n) is 3.41. The Labute approximate surface area is 144 Å². The second kappa shape index (κ2) is 8.45. The van der Waals surface area contributed by atoms with Crippen molar-refractivity contribution in [3.05, 3.63) is 64.9 Å². The second-order valence-electron chi connectivity index (χ2n) is 5.35. The van der Waals surface area contributed by atoms with E-state index in [4.69, 9.17) is 16.3 Å². The van der Waals surface area contributed by atoms with Gasteiger partial charge in [-0.3, -0.25) is 9.59 Å². The van der Waals surface area contributed by atoms with E-state index in [0.717, 1.165) is 11.6 Å². The van der Waals surface area contributed by atoms with E-state index >= 15 is 0 Å². The quantitative estimate of drug-likeness (QED) is 0.797. The zero-order chi connectivity index (χ0) is 17.5. The van der Waals surface area contributed by atoms with E-state index in [1.54, 1.807) is 0 Å². The summed E-state index contributed by atoms with van der Waals surface area (Å²) >= 11 is 5.63. The third-order valence-corrected chi connectivity index (χ3v) is 3.65. The predicted octanol–water partition coefficient (Wildman–Crippen LogP) is 4.15. The number of anilines is 1. The summed E-state index contributed by atoms with van der Waals surface area (Å²) in [5.74, 6) is -1.77. The fraction of sp³-hybridized carbons (Fsp3) is 0.222. The second-order valence-corrected chi connectivity index (χ2v) is 5.79. The number of rotatable bonds is 6. The van der Waals surface area contributed by atoms with Crippen LogP contribution in [0.3, 0.4) is 0 Å². The molecule has 2 rings (SSSR count). The number of hydrogen-bond acceptors (Lipinski definition) is 3. The van der Waals surface area contributed by atoms with E-state index in [0.29, 0.717) is 0 Å². The van der Waals surface area contributed by atoms with Gasteiger partial charge in [-0.25, -0.2) is 4.39 Å². The topological polar surface area (TPSA) is 55.4 Å². The number of ether oxygens (including phenoxy) is 1. The molecule has 4 nitrogen and oxygen atoms in total. The fourth-order valence-corrected chi connectivity index (χ4v) is 2.29. The predicted molar refractivity (Wildman–Crippen MR) is 90.5 cm³/mol. The minimum Gasteiger partial charge on any atom is -0.456 e. The highest BCUT2D eigenvalue weighted by Gasteiger charge is 2.14. The monoisotopic (exact) mass is 349 g/mol. The normalized spacial score (nSPS) is 11.6. The number of benzene rings is 2. The van der Waals surface area contributed by atoms with E-state index in [1.165, 1.54) is 12.1 Å². The van der Waals surface area contributed by atoms with Crippen LogP contribution in [-0.2, 0) is 14.3 Å². The number of amides is 1. The molecule has 0 fully saturated rings. The van der Waals surface area contributed by atoms with Gasteiger partial charge in [-0.1, -0.05) is 48.9 Å².